The predicted octanol–water partition coefficient (Wildman–Crippen LogP) is 5.82. The first-order chi connectivity index (χ1) is 20.6. The van der Waals surface area contributed by atoms with E-state index in [2.05, 4.69) is 20.6 Å². The lowest BCUT2D eigenvalue weighted by Crippen LogP contribution is -2.44. The molecular weight excluding hydrogens is 580 g/mol. The molecule has 2 aliphatic rings. The Kier molecular flexibility index (Phi) is 7.54. The second-order valence-electron chi connectivity index (χ2n) is 10.7. The predicted molar refractivity (Wildman–Crippen MR) is 159 cm³/mol. The van der Waals surface area contributed by atoms with Crippen LogP contribution in [0.3, 0.4) is 0 Å². The van der Waals surface area contributed by atoms with Gasteiger partial charge in [0.1, 0.15) is 22.2 Å². The van der Waals surface area contributed by atoms with Crippen molar-refractivity contribution in [2.45, 2.75) is 35.4 Å². The number of carbonyl (C=O) groups is 1. The fourth-order valence-electron chi connectivity index (χ4n) is 5.20. The summed E-state index contributed by atoms with van der Waals surface area (Å²) in [5, 5.41) is 9.49. The number of halogens is 2. The van der Waals surface area contributed by atoms with Gasteiger partial charge in [-0.05, 0) is 62.2 Å². The smallest absolute Gasteiger partial charge is 0.323 e. The Morgan fingerprint density at radius 1 is 1.07 bits per heavy atom. The average Bonchev–Trinajstić information content (AvgIpc) is 3.72. The maximum absolute atomic E-state index is 14.8. The second-order valence-corrected chi connectivity index (χ2v) is 13.0. The zero-order valence-electron chi connectivity index (χ0n) is 23.5. The highest BCUT2D eigenvalue weighted by atomic mass is 32.3. The number of aromatic nitrogens is 4. The highest BCUT2D eigenvalue weighted by Crippen LogP contribution is 2.75. The van der Waals surface area contributed by atoms with Gasteiger partial charge >= 0.3 is 6.03 Å². The van der Waals surface area contributed by atoms with E-state index in [1.54, 1.807) is 48.3 Å². The number of amides is 2. The number of urea groups is 1. The number of ether oxygens (including phenoxy) is 1. The van der Waals surface area contributed by atoms with Crippen LogP contribution in [-0.2, 0) is 16.5 Å². The molecule has 1 saturated carbocycles. The Labute approximate surface area is 248 Å². The topological polar surface area (TPSA) is 138 Å². The maximum atomic E-state index is 14.8. The lowest BCUT2D eigenvalue weighted by atomic mass is 10.1. The van der Waals surface area contributed by atoms with Gasteiger partial charge in [0, 0.05) is 37.1 Å². The summed E-state index contributed by atoms with van der Waals surface area (Å²) in [4.78, 5) is 23.6. The number of rotatable bonds is 7. The van der Waals surface area contributed by atoms with Gasteiger partial charge in [-0.3, -0.25) is 13.8 Å². The molecule has 1 aliphatic heterocycles. The van der Waals surface area contributed by atoms with Crippen LogP contribution in [0.4, 0.5) is 30.8 Å². The normalized spacial score (nSPS) is 18.3. The van der Waals surface area contributed by atoms with Crippen LogP contribution in [0.2, 0.25) is 0 Å². The minimum atomic E-state index is -3.85. The Morgan fingerprint density at radius 3 is 2.49 bits per heavy atom. The molecule has 4 aromatic rings. The highest BCUT2D eigenvalue weighted by molar-refractivity contribution is 8.25. The first kappa shape index (κ1) is 29.0. The third-order valence-electron chi connectivity index (χ3n) is 7.65. The number of benzene rings is 2. The van der Waals surface area contributed by atoms with E-state index in [0.29, 0.717) is 66.9 Å². The molecule has 2 aromatic heterocycles. The third kappa shape index (κ3) is 5.66. The SMILES string of the molecule is C[C@H]1COCCN1c1cc(C2(S(O)(O)c3cc(F)ccc3F)CC2)nc(-c2ccc(NC(=O)Nc3cnn(C)c3)cc2)n1. The molecule has 1 atom stereocenters. The summed E-state index contributed by atoms with van der Waals surface area (Å²) >= 11 is 0. The van der Waals surface area contributed by atoms with E-state index in [0.717, 1.165) is 18.2 Å². The minimum Gasteiger partial charge on any atom is -0.377 e. The van der Waals surface area contributed by atoms with Gasteiger partial charge in [0.2, 0.25) is 0 Å². The molecule has 0 unspecified atom stereocenters. The van der Waals surface area contributed by atoms with Gasteiger partial charge in [0.15, 0.2) is 5.82 Å². The van der Waals surface area contributed by atoms with Crippen LogP contribution in [0.5, 0.6) is 0 Å². The standard InChI is InChI=1S/C29H31F2N7O4S/c1-18-17-42-12-11-38(18)26-14-25(29(9-10-29)43(40,41)24-13-20(30)5-8-23(24)31)35-27(36-26)19-3-6-21(7-4-19)33-28(39)34-22-15-32-37(2)16-22/h3-8,13-16,18,40-41H,9-12,17H2,1-2H3,(H2,33,34,39)/t18-/m0/s1. The number of hydrogen-bond donors (Lipinski definition) is 4. The molecular formula is C29H31F2N7O4S. The molecule has 4 N–H and O–H groups in total. The lowest BCUT2D eigenvalue weighted by molar-refractivity contribution is 0.0985. The molecule has 2 aromatic carbocycles. The maximum Gasteiger partial charge on any atom is 0.323 e. The van der Waals surface area contributed by atoms with Gasteiger partial charge in [-0.2, -0.15) is 15.7 Å². The van der Waals surface area contributed by atoms with Crippen molar-refractivity contribution in [3.05, 3.63) is 78.3 Å². The van der Waals surface area contributed by atoms with Gasteiger partial charge in [-0.15, -0.1) is 0 Å². The Bertz CT molecular complexity index is 1660. The van der Waals surface area contributed by atoms with Crippen molar-refractivity contribution >= 4 is 33.8 Å². The van der Waals surface area contributed by atoms with Crippen molar-refractivity contribution in [2.24, 2.45) is 7.05 Å². The van der Waals surface area contributed by atoms with Crippen molar-refractivity contribution in [1.29, 1.82) is 0 Å². The number of anilines is 3. The lowest BCUT2D eigenvalue weighted by Gasteiger charge is -2.41. The zero-order valence-corrected chi connectivity index (χ0v) is 24.3. The van der Waals surface area contributed by atoms with E-state index in [1.807, 2.05) is 6.92 Å². The van der Waals surface area contributed by atoms with E-state index in [9.17, 15) is 22.7 Å². The van der Waals surface area contributed by atoms with Crippen LogP contribution in [-0.4, -0.2) is 60.7 Å². The molecule has 0 spiro atoms. The van der Waals surface area contributed by atoms with Gasteiger partial charge in [-0.1, -0.05) is 0 Å². The Morgan fingerprint density at radius 2 is 1.81 bits per heavy atom. The molecule has 6 rings (SSSR count). The molecule has 14 heteroatoms. The highest BCUT2D eigenvalue weighted by Gasteiger charge is 2.58. The van der Waals surface area contributed by atoms with Crippen LogP contribution in [0.1, 0.15) is 25.5 Å². The van der Waals surface area contributed by atoms with Crippen molar-refractivity contribution in [1.82, 2.24) is 19.7 Å². The van der Waals surface area contributed by atoms with Gasteiger partial charge in [0.25, 0.3) is 0 Å². The van der Waals surface area contributed by atoms with Crippen molar-refractivity contribution < 1.29 is 27.4 Å². The first-order valence-electron chi connectivity index (χ1n) is 13.7. The summed E-state index contributed by atoms with van der Waals surface area (Å²) in [6, 6.07) is 10.8. The van der Waals surface area contributed by atoms with E-state index in [4.69, 9.17) is 14.7 Å². The number of aryl methyl sites for hydroxylation is 1. The fourth-order valence-corrected chi connectivity index (χ4v) is 7.30. The minimum absolute atomic E-state index is 0.00886. The van der Waals surface area contributed by atoms with Gasteiger partial charge < -0.3 is 20.3 Å². The molecule has 1 aliphatic carbocycles. The average molecular weight is 612 g/mol. The van der Waals surface area contributed by atoms with Crippen molar-refractivity contribution in [3.8, 4) is 11.4 Å². The fraction of sp³-hybridized carbons (Fsp3) is 0.310. The van der Waals surface area contributed by atoms with Crippen LogP contribution in [0.15, 0.2) is 65.8 Å². The Hall–Kier alpha value is -4.11. The third-order valence-corrected chi connectivity index (χ3v) is 10.3. The van der Waals surface area contributed by atoms with Crippen LogP contribution < -0.4 is 15.5 Å². The number of nitrogens with one attached hydrogen (secondary N) is 2. The van der Waals surface area contributed by atoms with Crippen molar-refractivity contribution in [2.75, 3.05) is 35.3 Å². The molecule has 0 radical (unpaired) electrons. The molecule has 43 heavy (non-hydrogen) atoms. The summed E-state index contributed by atoms with van der Waals surface area (Å²) in [7, 11) is -2.10. The van der Waals surface area contributed by atoms with Gasteiger partial charge in [0.05, 0.1) is 41.7 Å². The summed E-state index contributed by atoms with van der Waals surface area (Å²) < 4.78 is 57.7. The number of hydrogen-bond acceptors (Lipinski definition) is 8. The van der Waals surface area contributed by atoms with E-state index in [-0.39, 0.29) is 6.04 Å². The molecule has 11 nitrogen and oxygen atoms in total. The first-order valence-corrected chi connectivity index (χ1v) is 15.2. The van der Waals surface area contributed by atoms with Crippen LogP contribution in [0.25, 0.3) is 11.4 Å². The molecule has 1 saturated heterocycles. The summed E-state index contributed by atoms with van der Waals surface area (Å²) in [6.07, 6.45) is 3.86. The van der Waals surface area contributed by atoms with Crippen molar-refractivity contribution in [3.63, 3.8) is 0 Å². The second kappa shape index (κ2) is 11.2. The molecule has 2 fully saturated rings. The number of morpholine rings is 1. The monoisotopic (exact) mass is 611 g/mol. The largest absolute Gasteiger partial charge is 0.377 e. The molecule has 0 bridgehead atoms. The van der Waals surface area contributed by atoms with Crippen LogP contribution >= 0.6 is 10.6 Å². The van der Waals surface area contributed by atoms with Crippen LogP contribution in [0, 0.1) is 11.6 Å². The molecule has 226 valence electrons. The summed E-state index contributed by atoms with van der Waals surface area (Å²) in [5.41, 5.74) is 2.03. The quantitative estimate of drug-likeness (QED) is 0.205. The Balaban J connectivity index is 1.34. The summed E-state index contributed by atoms with van der Waals surface area (Å²) in [6.45, 7) is 3.55. The molecule has 2 amide bonds. The molecule has 3 heterocycles. The van der Waals surface area contributed by atoms with Gasteiger partial charge in [-0.25, -0.2) is 23.5 Å². The summed E-state index contributed by atoms with van der Waals surface area (Å²) in [5.74, 6) is -0.769. The zero-order chi connectivity index (χ0) is 30.4. The number of carbonyl (C=O) groups excluding carboxylic acids is 1. The van der Waals surface area contributed by atoms with E-state index < -0.39 is 37.9 Å². The van der Waals surface area contributed by atoms with E-state index >= 15 is 0 Å². The van der Waals surface area contributed by atoms with E-state index in [1.165, 1.54) is 6.20 Å². The number of nitrogens with zero attached hydrogens (tertiary/aromatic N) is 5.